The van der Waals surface area contributed by atoms with E-state index in [-0.39, 0.29) is 24.0 Å². The minimum absolute atomic E-state index is 0.00182. The van der Waals surface area contributed by atoms with Crippen molar-refractivity contribution in [1.29, 1.82) is 0 Å². The van der Waals surface area contributed by atoms with Gasteiger partial charge in [-0.05, 0) is 43.7 Å². The lowest BCUT2D eigenvalue weighted by molar-refractivity contribution is -0.129. The first-order valence-corrected chi connectivity index (χ1v) is 11.0. The van der Waals surface area contributed by atoms with E-state index in [2.05, 4.69) is 21.0 Å². The van der Waals surface area contributed by atoms with Gasteiger partial charge in [0, 0.05) is 30.4 Å². The van der Waals surface area contributed by atoms with Crippen LogP contribution < -0.4 is 9.47 Å². The van der Waals surface area contributed by atoms with Gasteiger partial charge in [-0.3, -0.25) is 4.79 Å². The summed E-state index contributed by atoms with van der Waals surface area (Å²) in [7, 11) is 3.19. The number of hydrogen-bond acceptors (Lipinski definition) is 4. The Morgan fingerprint density at radius 2 is 1.94 bits per heavy atom. The summed E-state index contributed by atoms with van der Waals surface area (Å²) in [5.74, 6) is 0.864. The molecule has 1 unspecified atom stereocenters. The lowest BCUT2D eigenvalue weighted by Crippen LogP contribution is -2.31. The maximum absolute atomic E-state index is 14.6. The Morgan fingerprint density at radius 1 is 1.23 bits per heavy atom. The van der Waals surface area contributed by atoms with Crippen LogP contribution in [-0.4, -0.2) is 40.3 Å². The normalized spacial score (nSPS) is 18.5. The molecule has 6 nitrogen and oxygen atoms in total. The van der Waals surface area contributed by atoms with Gasteiger partial charge in [0.25, 0.3) is 0 Å². The van der Waals surface area contributed by atoms with Crippen LogP contribution in [0.15, 0.2) is 40.9 Å². The van der Waals surface area contributed by atoms with Crippen LogP contribution in [0, 0.1) is 11.9 Å². The quantitative estimate of drug-likeness (QED) is 0.496. The molecule has 164 valence electrons. The van der Waals surface area contributed by atoms with Crippen LogP contribution in [0.4, 0.5) is 4.39 Å². The molecule has 1 aliphatic heterocycles. The van der Waals surface area contributed by atoms with Crippen molar-refractivity contribution in [3.63, 3.8) is 0 Å². The van der Waals surface area contributed by atoms with Crippen molar-refractivity contribution in [2.75, 3.05) is 13.7 Å². The van der Waals surface area contributed by atoms with Gasteiger partial charge in [-0.25, -0.2) is 4.68 Å². The molecule has 1 fully saturated rings. The van der Waals surface area contributed by atoms with Crippen molar-refractivity contribution in [2.24, 2.45) is 13.0 Å². The Hall–Kier alpha value is -2.61. The Kier molecular flexibility index (Phi) is 5.92. The van der Waals surface area contributed by atoms with Crippen LogP contribution >= 0.6 is 15.9 Å². The molecule has 4 rings (SSSR count). The summed E-state index contributed by atoms with van der Waals surface area (Å²) in [6.07, 6.45) is 0.128. The SMILES string of the molecule is COc1ccc(C(C)N2C[C@H]([C@@H](C)Oc3cc(Br)cc4nn(C)c(F)c34)CC2=O)cc1. The third-order valence-corrected chi connectivity index (χ3v) is 6.48. The summed E-state index contributed by atoms with van der Waals surface area (Å²) in [6.45, 7) is 4.54. The van der Waals surface area contributed by atoms with Crippen molar-refractivity contribution in [2.45, 2.75) is 32.4 Å². The molecule has 0 spiro atoms. The van der Waals surface area contributed by atoms with Crippen molar-refractivity contribution in [3.05, 3.63) is 52.4 Å². The fraction of sp³-hybridized carbons (Fsp3) is 0.391. The molecule has 0 saturated carbocycles. The number of benzene rings is 2. The van der Waals surface area contributed by atoms with Crippen LogP contribution in [0.3, 0.4) is 0 Å². The van der Waals surface area contributed by atoms with Crippen molar-refractivity contribution in [3.8, 4) is 11.5 Å². The smallest absolute Gasteiger partial charge is 0.223 e. The van der Waals surface area contributed by atoms with Crippen LogP contribution in [0.2, 0.25) is 0 Å². The number of methoxy groups -OCH3 is 1. The maximum atomic E-state index is 14.6. The van der Waals surface area contributed by atoms with E-state index in [9.17, 15) is 9.18 Å². The third kappa shape index (κ3) is 4.13. The lowest BCUT2D eigenvalue weighted by Gasteiger charge is -2.27. The summed E-state index contributed by atoms with van der Waals surface area (Å²) in [4.78, 5) is 14.7. The zero-order chi connectivity index (χ0) is 22.3. The largest absolute Gasteiger partial charge is 0.497 e. The molecule has 0 bridgehead atoms. The Balaban J connectivity index is 1.51. The number of halogens is 2. The highest BCUT2D eigenvalue weighted by Crippen LogP contribution is 2.36. The van der Waals surface area contributed by atoms with E-state index in [4.69, 9.17) is 9.47 Å². The molecule has 1 amide bonds. The van der Waals surface area contributed by atoms with Gasteiger partial charge in [0.2, 0.25) is 11.9 Å². The topological polar surface area (TPSA) is 56.6 Å². The van der Waals surface area contributed by atoms with E-state index < -0.39 is 5.95 Å². The van der Waals surface area contributed by atoms with Crippen molar-refractivity contribution in [1.82, 2.24) is 14.7 Å². The number of hydrogen-bond donors (Lipinski definition) is 0. The van der Waals surface area contributed by atoms with E-state index in [1.54, 1.807) is 26.3 Å². The zero-order valence-corrected chi connectivity index (χ0v) is 19.5. The van der Waals surface area contributed by atoms with Gasteiger partial charge >= 0.3 is 0 Å². The van der Waals surface area contributed by atoms with Gasteiger partial charge in [-0.2, -0.15) is 9.49 Å². The van der Waals surface area contributed by atoms with Gasteiger partial charge in [0.1, 0.15) is 23.1 Å². The van der Waals surface area contributed by atoms with E-state index in [1.807, 2.05) is 43.0 Å². The fourth-order valence-corrected chi connectivity index (χ4v) is 4.55. The number of likely N-dealkylation sites (tertiary alicyclic amines) is 1. The molecule has 8 heteroatoms. The summed E-state index contributed by atoms with van der Waals surface area (Å²) in [5.41, 5.74) is 1.57. The van der Waals surface area contributed by atoms with E-state index in [0.29, 0.717) is 29.6 Å². The minimum atomic E-state index is -0.443. The van der Waals surface area contributed by atoms with E-state index in [1.165, 1.54) is 4.68 Å². The predicted octanol–water partition coefficient (Wildman–Crippen LogP) is 4.86. The molecule has 2 heterocycles. The van der Waals surface area contributed by atoms with Crippen molar-refractivity contribution < 1.29 is 18.7 Å². The summed E-state index contributed by atoms with van der Waals surface area (Å²) in [5, 5.41) is 4.54. The fourth-order valence-electron chi connectivity index (χ4n) is 4.12. The van der Waals surface area contributed by atoms with Gasteiger partial charge in [-0.15, -0.1) is 0 Å². The molecule has 1 aromatic heterocycles. The first-order chi connectivity index (χ1) is 14.8. The standard InChI is InChI=1S/C23H25BrFN3O3/c1-13(15-5-7-18(30-4)8-6-15)28-12-16(9-21(28)29)14(2)31-20-11-17(24)10-19-22(20)23(25)27(3)26-19/h5-8,10-11,13-14,16H,9,12H2,1-4H3/t13?,14-,16-/m1/s1. The molecule has 2 aromatic carbocycles. The number of nitrogens with zero attached hydrogens (tertiary/aromatic N) is 3. The molecular weight excluding hydrogens is 465 g/mol. The minimum Gasteiger partial charge on any atom is -0.497 e. The molecule has 1 saturated heterocycles. The number of carbonyl (C=O) groups is 1. The number of aryl methyl sites for hydroxylation is 1. The van der Waals surface area contributed by atoms with Crippen molar-refractivity contribution >= 4 is 32.7 Å². The van der Waals surface area contributed by atoms with Gasteiger partial charge in [0.05, 0.1) is 18.5 Å². The second kappa shape index (κ2) is 8.49. The first-order valence-electron chi connectivity index (χ1n) is 10.2. The average molecular weight is 490 g/mol. The average Bonchev–Trinajstić information content (AvgIpc) is 3.27. The molecule has 1 aliphatic rings. The molecular formula is C23H25BrFN3O3. The Bertz CT molecular complexity index is 1120. The molecule has 0 radical (unpaired) electrons. The summed E-state index contributed by atoms with van der Waals surface area (Å²) >= 11 is 3.44. The molecule has 0 N–H and O–H groups in total. The third-order valence-electron chi connectivity index (χ3n) is 6.03. The zero-order valence-electron chi connectivity index (χ0n) is 17.9. The summed E-state index contributed by atoms with van der Waals surface area (Å²) in [6, 6.07) is 11.2. The highest BCUT2D eigenvalue weighted by atomic mass is 79.9. The van der Waals surface area contributed by atoms with E-state index in [0.717, 1.165) is 15.8 Å². The highest BCUT2D eigenvalue weighted by Gasteiger charge is 2.37. The predicted molar refractivity (Wildman–Crippen MR) is 120 cm³/mol. The Morgan fingerprint density at radius 3 is 2.61 bits per heavy atom. The summed E-state index contributed by atoms with van der Waals surface area (Å²) < 4.78 is 27.9. The Labute approximate surface area is 189 Å². The number of amides is 1. The molecule has 31 heavy (non-hydrogen) atoms. The number of rotatable bonds is 6. The van der Waals surface area contributed by atoms with Crippen LogP contribution in [0.25, 0.3) is 10.9 Å². The molecule has 3 atom stereocenters. The highest BCUT2D eigenvalue weighted by molar-refractivity contribution is 9.10. The van der Waals surface area contributed by atoms with E-state index >= 15 is 0 Å². The van der Waals surface area contributed by atoms with Crippen LogP contribution in [0.5, 0.6) is 11.5 Å². The van der Waals surface area contributed by atoms with Crippen LogP contribution in [-0.2, 0) is 11.8 Å². The second-order valence-electron chi connectivity index (χ2n) is 7.99. The number of ether oxygens (including phenoxy) is 2. The molecule has 0 aliphatic carbocycles. The number of carbonyl (C=O) groups excluding carboxylic acids is 1. The first kappa shape index (κ1) is 21.6. The second-order valence-corrected chi connectivity index (χ2v) is 8.91. The van der Waals surface area contributed by atoms with Gasteiger partial charge in [0.15, 0.2) is 0 Å². The van der Waals surface area contributed by atoms with Gasteiger partial charge < -0.3 is 14.4 Å². The van der Waals surface area contributed by atoms with Gasteiger partial charge in [-0.1, -0.05) is 28.1 Å². The number of fused-ring (bicyclic) bond motifs is 1. The maximum Gasteiger partial charge on any atom is 0.223 e. The lowest BCUT2D eigenvalue weighted by atomic mass is 10.0. The number of aromatic nitrogens is 2. The van der Waals surface area contributed by atoms with Crippen LogP contribution in [0.1, 0.15) is 31.9 Å². The molecule has 3 aromatic rings. The monoisotopic (exact) mass is 489 g/mol.